The number of fused-ring (bicyclic) bond motifs is 1. The molecule has 0 unspecified atom stereocenters. The lowest BCUT2D eigenvalue weighted by Gasteiger charge is -1.96. The summed E-state index contributed by atoms with van der Waals surface area (Å²) in [5.74, 6) is 2.89. The summed E-state index contributed by atoms with van der Waals surface area (Å²) in [6.45, 7) is 0. The smallest absolute Gasteiger partial charge is 0.166 e. The van der Waals surface area contributed by atoms with Crippen LogP contribution in [-0.2, 0) is 0 Å². The molecule has 0 spiro atoms. The summed E-state index contributed by atoms with van der Waals surface area (Å²) >= 11 is 5.95. The number of thiol groups is 1. The van der Waals surface area contributed by atoms with Crippen LogP contribution in [0.4, 0.5) is 0 Å². The Morgan fingerprint density at radius 3 is 3.06 bits per heavy atom. The predicted molar refractivity (Wildman–Crippen MR) is 76.5 cm³/mol. The number of aromatic nitrogens is 2. The molecule has 5 heteroatoms. The van der Waals surface area contributed by atoms with Gasteiger partial charge in [-0.2, -0.15) is 12.6 Å². The molecule has 3 nitrogen and oxygen atoms in total. The molecule has 0 amide bonds. The molecule has 17 heavy (non-hydrogen) atoms. The number of H-pyrrole nitrogens is 1. The molecular weight excluding hydrogens is 252 g/mol. The van der Waals surface area contributed by atoms with Crippen LogP contribution >= 0.6 is 24.4 Å². The number of imidazole rings is 1. The first kappa shape index (κ1) is 12.6. The first-order chi connectivity index (χ1) is 8.33. The lowest BCUT2D eigenvalue weighted by molar-refractivity contribution is 0.415. The molecule has 0 saturated heterocycles. The number of unbranched alkanes of at least 4 members (excludes halogenated alkanes) is 1. The summed E-state index contributed by atoms with van der Waals surface area (Å²) in [4.78, 5) is 7.82. The van der Waals surface area contributed by atoms with Crippen LogP contribution in [0.5, 0.6) is 5.75 Å². The standard InChI is InChI=1S/C12H16N2OS2/c1-15-9-4-5-10-11(8-9)14-12(13-10)17-7-3-2-6-16/h4-5,8,16H,2-3,6-7H2,1H3,(H,13,14). The van der Waals surface area contributed by atoms with Crippen molar-refractivity contribution in [3.05, 3.63) is 18.2 Å². The van der Waals surface area contributed by atoms with Gasteiger partial charge >= 0.3 is 0 Å². The average Bonchev–Trinajstić information content (AvgIpc) is 2.76. The number of nitrogens with one attached hydrogen (secondary N) is 1. The van der Waals surface area contributed by atoms with Gasteiger partial charge in [-0.3, -0.25) is 0 Å². The number of nitrogens with zero attached hydrogens (tertiary/aromatic N) is 1. The minimum Gasteiger partial charge on any atom is -0.497 e. The topological polar surface area (TPSA) is 37.9 Å². The summed E-state index contributed by atoms with van der Waals surface area (Å²) in [6.07, 6.45) is 2.33. The summed E-state index contributed by atoms with van der Waals surface area (Å²) < 4.78 is 5.18. The van der Waals surface area contributed by atoms with Gasteiger partial charge < -0.3 is 9.72 Å². The molecule has 1 aromatic carbocycles. The van der Waals surface area contributed by atoms with E-state index < -0.39 is 0 Å². The highest BCUT2D eigenvalue weighted by Gasteiger charge is 2.04. The Bertz CT molecular complexity index is 484. The predicted octanol–water partition coefficient (Wildman–Crippen LogP) is 3.37. The van der Waals surface area contributed by atoms with E-state index in [1.165, 1.54) is 6.42 Å². The summed E-state index contributed by atoms with van der Waals surface area (Å²) in [6, 6.07) is 5.88. The monoisotopic (exact) mass is 268 g/mol. The minimum absolute atomic E-state index is 0.854. The molecule has 1 N–H and O–H groups in total. The third kappa shape index (κ3) is 3.33. The number of methoxy groups -OCH3 is 1. The van der Waals surface area contributed by atoms with Crippen molar-refractivity contribution < 1.29 is 4.74 Å². The molecule has 1 aromatic heterocycles. The third-order valence-electron chi connectivity index (χ3n) is 2.46. The largest absolute Gasteiger partial charge is 0.497 e. The van der Waals surface area contributed by atoms with E-state index >= 15 is 0 Å². The van der Waals surface area contributed by atoms with Crippen LogP contribution in [-0.4, -0.2) is 28.6 Å². The molecule has 0 saturated carbocycles. The average molecular weight is 268 g/mol. The molecule has 0 aliphatic heterocycles. The maximum absolute atomic E-state index is 5.18. The number of ether oxygens (including phenoxy) is 1. The first-order valence-corrected chi connectivity index (χ1v) is 7.22. The van der Waals surface area contributed by atoms with Gasteiger partial charge in [0.15, 0.2) is 5.16 Å². The van der Waals surface area contributed by atoms with Crippen LogP contribution in [0.25, 0.3) is 11.0 Å². The molecular formula is C12H16N2OS2. The van der Waals surface area contributed by atoms with Gasteiger partial charge in [0.2, 0.25) is 0 Å². The van der Waals surface area contributed by atoms with Crippen LogP contribution in [0.1, 0.15) is 12.8 Å². The van der Waals surface area contributed by atoms with Gasteiger partial charge in [0.1, 0.15) is 5.75 Å². The van der Waals surface area contributed by atoms with Gasteiger partial charge in [0.05, 0.1) is 18.1 Å². The van der Waals surface area contributed by atoms with E-state index in [0.717, 1.165) is 39.9 Å². The van der Waals surface area contributed by atoms with E-state index in [0.29, 0.717) is 0 Å². The molecule has 2 rings (SSSR count). The van der Waals surface area contributed by atoms with Crippen molar-refractivity contribution in [3.8, 4) is 5.75 Å². The van der Waals surface area contributed by atoms with Crippen LogP contribution in [0.2, 0.25) is 0 Å². The molecule has 0 bridgehead atoms. The Hall–Kier alpha value is -0.810. The van der Waals surface area contributed by atoms with Crippen molar-refractivity contribution in [2.45, 2.75) is 18.0 Å². The molecule has 0 atom stereocenters. The normalized spacial score (nSPS) is 10.9. The number of hydrogen-bond acceptors (Lipinski definition) is 4. The fraction of sp³-hybridized carbons (Fsp3) is 0.417. The van der Waals surface area contributed by atoms with Gasteiger partial charge in [0.25, 0.3) is 0 Å². The van der Waals surface area contributed by atoms with E-state index in [1.54, 1.807) is 18.9 Å². The van der Waals surface area contributed by atoms with E-state index in [2.05, 4.69) is 22.6 Å². The van der Waals surface area contributed by atoms with Gasteiger partial charge in [-0.15, -0.1) is 0 Å². The lowest BCUT2D eigenvalue weighted by Crippen LogP contribution is -1.82. The van der Waals surface area contributed by atoms with Crippen molar-refractivity contribution in [1.82, 2.24) is 9.97 Å². The zero-order valence-electron chi connectivity index (χ0n) is 9.77. The number of hydrogen-bond donors (Lipinski definition) is 2. The van der Waals surface area contributed by atoms with E-state index in [1.807, 2.05) is 18.2 Å². The molecule has 0 aliphatic rings. The zero-order valence-corrected chi connectivity index (χ0v) is 11.5. The quantitative estimate of drug-likeness (QED) is 0.479. The molecule has 0 radical (unpaired) electrons. The third-order valence-corrected chi connectivity index (χ3v) is 3.73. The summed E-state index contributed by atoms with van der Waals surface area (Å²) in [7, 11) is 1.67. The van der Waals surface area contributed by atoms with Crippen LogP contribution in [0, 0.1) is 0 Å². The number of thioether (sulfide) groups is 1. The van der Waals surface area contributed by atoms with Crippen LogP contribution in [0.15, 0.2) is 23.4 Å². The van der Waals surface area contributed by atoms with E-state index in [9.17, 15) is 0 Å². The Kier molecular flexibility index (Phi) is 4.62. The highest BCUT2D eigenvalue weighted by Crippen LogP contribution is 2.23. The van der Waals surface area contributed by atoms with Crippen molar-refractivity contribution >= 4 is 35.4 Å². The Labute approximate surface area is 111 Å². The SMILES string of the molecule is COc1ccc2nc(SCCCCS)[nH]c2c1. The van der Waals surface area contributed by atoms with Crippen molar-refractivity contribution in [2.75, 3.05) is 18.6 Å². The lowest BCUT2D eigenvalue weighted by atomic mass is 10.3. The van der Waals surface area contributed by atoms with Gasteiger partial charge in [0, 0.05) is 11.8 Å². The minimum atomic E-state index is 0.854. The van der Waals surface area contributed by atoms with Crippen molar-refractivity contribution in [3.63, 3.8) is 0 Å². The van der Waals surface area contributed by atoms with Crippen LogP contribution in [0.3, 0.4) is 0 Å². The second-order valence-electron chi connectivity index (χ2n) is 3.70. The molecule has 92 valence electrons. The van der Waals surface area contributed by atoms with E-state index in [4.69, 9.17) is 4.74 Å². The highest BCUT2D eigenvalue weighted by atomic mass is 32.2. The molecule has 2 aromatic rings. The van der Waals surface area contributed by atoms with Crippen molar-refractivity contribution in [1.29, 1.82) is 0 Å². The Morgan fingerprint density at radius 2 is 2.29 bits per heavy atom. The summed E-state index contributed by atoms with van der Waals surface area (Å²) in [5, 5.41) is 0.979. The van der Waals surface area contributed by atoms with Crippen LogP contribution < -0.4 is 4.74 Å². The van der Waals surface area contributed by atoms with Gasteiger partial charge in [-0.25, -0.2) is 4.98 Å². The highest BCUT2D eigenvalue weighted by molar-refractivity contribution is 7.99. The van der Waals surface area contributed by atoms with E-state index in [-0.39, 0.29) is 0 Å². The summed E-state index contributed by atoms with van der Waals surface area (Å²) in [5.41, 5.74) is 2.02. The maximum atomic E-state index is 5.18. The van der Waals surface area contributed by atoms with Gasteiger partial charge in [-0.1, -0.05) is 11.8 Å². The van der Waals surface area contributed by atoms with Crippen molar-refractivity contribution in [2.24, 2.45) is 0 Å². The number of benzene rings is 1. The number of aromatic amines is 1. The molecule has 1 heterocycles. The van der Waals surface area contributed by atoms with Gasteiger partial charge in [-0.05, 0) is 30.7 Å². The molecule has 0 aliphatic carbocycles. The molecule has 0 fully saturated rings. The maximum Gasteiger partial charge on any atom is 0.166 e. The number of rotatable bonds is 6. The fourth-order valence-electron chi connectivity index (χ4n) is 1.54. The first-order valence-electron chi connectivity index (χ1n) is 5.61. The zero-order chi connectivity index (χ0) is 12.1. The Balaban J connectivity index is 2.04. The second kappa shape index (κ2) is 6.21. The Morgan fingerprint density at radius 1 is 1.41 bits per heavy atom. The fourth-order valence-corrected chi connectivity index (χ4v) is 2.65. The second-order valence-corrected chi connectivity index (χ2v) is 5.24.